The number of carbonyl (C=O) groups excluding carboxylic acids is 2. The highest BCUT2D eigenvalue weighted by Gasteiger charge is 2.50. The Hall–Kier alpha value is -1.93. The number of para-hydroxylation sites is 1. The topological polar surface area (TPSA) is 86.8 Å². The molecule has 0 bridgehead atoms. The number of hydrogen-bond donors (Lipinski definition) is 1. The van der Waals surface area contributed by atoms with Gasteiger partial charge in [-0.1, -0.05) is 50.3 Å². The largest absolute Gasteiger partial charge is 0.351 e. The highest BCUT2D eigenvalue weighted by atomic mass is 32.2. The van der Waals surface area contributed by atoms with Gasteiger partial charge in [0.2, 0.25) is 21.8 Å². The minimum absolute atomic E-state index is 0.0528. The average molecular weight is 436 g/mol. The number of anilines is 1. The molecule has 1 saturated heterocycles. The number of nitrogens with zero attached hydrogens (tertiary/aromatic N) is 2. The van der Waals surface area contributed by atoms with E-state index in [9.17, 15) is 18.0 Å². The Balaban J connectivity index is 1.95. The molecule has 1 aliphatic heterocycles. The molecule has 1 aromatic rings. The predicted molar refractivity (Wildman–Crippen MR) is 118 cm³/mol. The Morgan fingerprint density at radius 2 is 1.70 bits per heavy atom. The van der Waals surface area contributed by atoms with Gasteiger partial charge in [0, 0.05) is 18.3 Å². The summed E-state index contributed by atoms with van der Waals surface area (Å²) in [7, 11) is -3.62. The summed E-state index contributed by atoms with van der Waals surface area (Å²) in [5.74, 6) is -0.686. The van der Waals surface area contributed by atoms with Crippen molar-refractivity contribution in [3.63, 3.8) is 0 Å². The van der Waals surface area contributed by atoms with Crippen LogP contribution in [0.25, 0.3) is 0 Å². The second-order valence-electron chi connectivity index (χ2n) is 8.84. The van der Waals surface area contributed by atoms with Gasteiger partial charge in [0.1, 0.15) is 5.54 Å². The molecule has 1 aromatic carbocycles. The lowest BCUT2D eigenvalue weighted by Gasteiger charge is -2.47. The van der Waals surface area contributed by atoms with Crippen LogP contribution in [-0.2, 0) is 19.6 Å². The molecule has 1 atom stereocenters. The highest BCUT2D eigenvalue weighted by Crippen LogP contribution is 2.33. The van der Waals surface area contributed by atoms with Crippen molar-refractivity contribution < 1.29 is 18.0 Å². The summed E-state index contributed by atoms with van der Waals surface area (Å²) in [6.07, 6.45) is 8.60. The first-order valence-corrected chi connectivity index (χ1v) is 12.6. The van der Waals surface area contributed by atoms with Crippen molar-refractivity contribution in [1.82, 2.24) is 9.62 Å². The van der Waals surface area contributed by atoms with Crippen molar-refractivity contribution in [1.29, 1.82) is 0 Å². The lowest BCUT2D eigenvalue weighted by Crippen LogP contribution is -2.70. The minimum Gasteiger partial charge on any atom is -0.351 e. The van der Waals surface area contributed by atoms with Crippen LogP contribution in [0, 0.1) is 6.92 Å². The molecule has 1 heterocycles. The van der Waals surface area contributed by atoms with Gasteiger partial charge in [-0.25, -0.2) is 8.42 Å². The standard InChI is InChI=1S/C22H33N3O4S/c1-17-11-9-10-14-19(17)25-20(26)15-24(30(3,28)29)16-22(25,2)21(27)23-18-12-7-5-4-6-8-13-18/h9-11,14,18H,4-8,12-13,15-16H2,1-3H3,(H,23,27)/t22-/m1/s1. The van der Waals surface area contributed by atoms with Gasteiger partial charge in [-0.2, -0.15) is 4.31 Å². The fourth-order valence-corrected chi connectivity index (χ4v) is 5.36. The molecule has 3 rings (SSSR count). The van der Waals surface area contributed by atoms with Crippen LogP contribution in [-0.4, -0.2) is 55.5 Å². The van der Waals surface area contributed by atoms with E-state index in [-0.39, 0.29) is 25.0 Å². The van der Waals surface area contributed by atoms with Gasteiger partial charge in [0.15, 0.2) is 0 Å². The minimum atomic E-state index is -3.62. The van der Waals surface area contributed by atoms with Crippen molar-refractivity contribution in [2.75, 3.05) is 24.2 Å². The number of nitrogens with one attached hydrogen (secondary N) is 1. The number of piperazine rings is 1. The number of amides is 2. The fraction of sp³-hybridized carbons (Fsp3) is 0.636. The summed E-state index contributed by atoms with van der Waals surface area (Å²) < 4.78 is 25.6. The predicted octanol–water partition coefficient (Wildman–Crippen LogP) is 2.59. The van der Waals surface area contributed by atoms with Crippen LogP contribution in [0.3, 0.4) is 0 Å². The molecule has 2 amide bonds. The summed E-state index contributed by atoms with van der Waals surface area (Å²) >= 11 is 0. The smallest absolute Gasteiger partial charge is 0.247 e. The number of benzene rings is 1. The molecular weight excluding hydrogens is 402 g/mol. The molecule has 2 fully saturated rings. The lowest BCUT2D eigenvalue weighted by molar-refractivity contribution is -0.133. The Morgan fingerprint density at radius 3 is 2.30 bits per heavy atom. The summed E-state index contributed by atoms with van der Waals surface area (Å²) in [5, 5.41) is 3.15. The lowest BCUT2D eigenvalue weighted by atomic mass is 9.91. The number of carbonyl (C=O) groups is 2. The quantitative estimate of drug-likeness (QED) is 0.788. The van der Waals surface area contributed by atoms with Crippen LogP contribution < -0.4 is 10.2 Å². The molecule has 2 aliphatic rings. The van der Waals surface area contributed by atoms with Gasteiger partial charge in [-0.3, -0.25) is 14.5 Å². The van der Waals surface area contributed by atoms with E-state index in [1.165, 1.54) is 24.2 Å². The van der Waals surface area contributed by atoms with Crippen molar-refractivity contribution in [3.8, 4) is 0 Å². The highest BCUT2D eigenvalue weighted by molar-refractivity contribution is 7.88. The fourth-order valence-electron chi connectivity index (χ4n) is 4.53. The zero-order chi connectivity index (χ0) is 21.9. The summed E-state index contributed by atoms with van der Waals surface area (Å²) in [4.78, 5) is 28.2. The van der Waals surface area contributed by atoms with E-state index in [2.05, 4.69) is 5.32 Å². The van der Waals surface area contributed by atoms with Gasteiger partial charge in [0.05, 0.1) is 12.8 Å². The van der Waals surface area contributed by atoms with Gasteiger partial charge in [-0.15, -0.1) is 0 Å². The van der Waals surface area contributed by atoms with Crippen molar-refractivity contribution in [2.24, 2.45) is 0 Å². The van der Waals surface area contributed by atoms with Crippen LogP contribution in [0.4, 0.5) is 5.69 Å². The van der Waals surface area contributed by atoms with Crippen LogP contribution >= 0.6 is 0 Å². The normalized spacial score (nSPS) is 24.9. The summed E-state index contributed by atoms with van der Waals surface area (Å²) in [5.41, 5.74) is 0.182. The molecule has 1 N–H and O–H groups in total. The van der Waals surface area contributed by atoms with Gasteiger partial charge < -0.3 is 5.32 Å². The van der Waals surface area contributed by atoms with E-state index in [1.807, 2.05) is 31.2 Å². The van der Waals surface area contributed by atoms with Crippen LogP contribution in [0.15, 0.2) is 24.3 Å². The number of rotatable bonds is 4. The first kappa shape index (κ1) is 22.7. The molecule has 1 aliphatic carbocycles. The van der Waals surface area contributed by atoms with E-state index in [1.54, 1.807) is 6.92 Å². The second kappa shape index (κ2) is 9.06. The molecule has 0 spiro atoms. The molecule has 7 nitrogen and oxygen atoms in total. The Morgan fingerprint density at radius 1 is 1.10 bits per heavy atom. The third kappa shape index (κ3) is 4.86. The first-order chi connectivity index (χ1) is 14.1. The van der Waals surface area contributed by atoms with Crippen molar-refractivity contribution >= 4 is 27.5 Å². The van der Waals surface area contributed by atoms with E-state index >= 15 is 0 Å². The van der Waals surface area contributed by atoms with E-state index in [0.717, 1.165) is 41.8 Å². The van der Waals surface area contributed by atoms with Crippen LogP contribution in [0.1, 0.15) is 57.4 Å². The third-order valence-corrected chi connectivity index (χ3v) is 7.49. The first-order valence-electron chi connectivity index (χ1n) is 10.8. The van der Waals surface area contributed by atoms with Gasteiger partial charge in [0.25, 0.3) is 0 Å². The second-order valence-corrected chi connectivity index (χ2v) is 10.8. The van der Waals surface area contributed by atoms with Gasteiger partial charge in [-0.05, 0) is 38.3 Å². The molecular formula is C22H33N3O4S. The zero-order valence-electron chi connectivity index (χ0n) is 18.2. The van der Waals surface area contributed by atoms with Crippen LogP contribution in [0.5, 0.6) is 0 Å². The molecule has 30 heavy (non-hydrogen) atoms. The SMILES string of the molecule is Cc1ccccc1N1C(=O)CN(S(C)(=O)=O)C[C@]1(C)C(=O)NC1CCCCCCC1. The molecule has 166 valence electrons. The summed E-state index contributed by atoms with van der Waals surface area (Å²) in [6, 6.07) is 7.45. The van der Waals surface area contributed by atoms with Gasteiger partial charge >= 0.3 is 0 Å². The maximum Gasteiger partial charge on any atom is 0.247 e. The molecule has 1 saturated carbocycles. The van der Waals surface area contributed by atoms with Crippen LogP contribution in [0.2, 0.25) is 0 Å². The summed E-state index contributed by atoms with van der Waals surface area (Å²) in [6.45, 7) is 3.23. The van der Waals surface area contributed by atoms with E-state index in [0.29, 0.717) is 5.69 Å². The maximum absolute atomic E-state index is 13.6. The average Bonchev–Trinajstić information content (AvgIpc) is 2.64. The van der Waals surface area contributed by atoms with Crippen molar-refractivity contribution in [2.45, 2.75) is 70.4 Å². The zero-order valence-corrected chi connectivity index (χ0v) is 19.0. The number of aryl methyl sites for hydroxylation is 1. The monoisotopic (exact) mass is 435 g/mol. The Kier molecular flexibility index (Phi) is 6.87. The molecule has 0 aromatic heterocycles. The van der Waals surface area contributed by atoms with E-state index in [4.69, 9.17) is 0 Å². The van der Waals surface area contributed by atoms with E-state index < -0.39 is 21.5 Å². The third-order valence-electron chi connectivity index (χ3n) is 6.29. The number of sulfonamides is 1. The maximum atomic E-state index is 13.6. The molecule has 8 heteroatoms. The molecule has 0 radical (unpaired) electrons. The van der Waals surface area contributed by atoms with Crippen molar-refractivity contribution in [3.05, 3.63) is 29.8 Å². The Bertz CT molecular complexity index is 893. The molecule has 0 unspecified atom stereocenters. The Labute approximate surface area is 179 Å². The number of hydrogen-bond acceptors (Lipinski definition) is 4.